The van der Waals surface area contributed by atoms with Crippen LogP contribution in [0.3, 0.4) is 0 Å². The number of amides is 1. The van der Waals surface area contributed by atoms with E-state index in [1.165, 1.54) is 6.26 Å². The van der Waals surface area contributed by atoms with Crippen molar-refractivity contribution in [3.63, 3.8) is 0 Å². The maximum absolute atomic E-state index is 12.7. The third kappa shape index (κ3) is 4.03. The summed E-state index contributed by atoms with van der Waals surface area (Å²) in [6.07, 6.45) is 1.48. The topological polar surface area (TPSA) is 65.0 Å². The first kappa shape index (κ1) is 21.0. The normalized spacial score (nSPS) is 11.0. The van der Waals surface area contributed by atoms with Crippen LogP contribution in [0.2, 0.25) is 0 Å². The van der Waals surface area contributed by atoms with Crippen molar-refractivity contribution in [1.29, 1.82) is 0 Å². The second-order valence-corrected chi connectivity index (χ2v) is 8.61. The van der Waals surface area contributed by atoms with E-state index in [1.807, 2.05) is 48.5 Å². The Morgan fingerprint density at radius 2 is 1.70 bits per heavy atom. The maximum atomic E-state index is 12.7. The maximum Gasteiger partial charge on any atom is 0.292 e. The number of hydrogen-bond donors (Lipinski definition) is 1. The van der Waals surface area contributed by atoms with Crippen molar-refractivity contribution in [2.75, 3.05) is 5.32 Å². The molecule has 33 heavy (non-hydrogen) atoms. The molecule has 1 N–H and O–H groups in total. The lowest BCUT2D eigenvalue weighted by Crippen LogP contribution is -2.14. The third-order valence-corrected chi connectivity index (χ3v) is 6.02. The summed E-state index contributed by atoms with van der Waals surface area (Å²) in [4.78, 5) is 12.7. The molecule has 6 nitrogen and oxygen atoms in total. The lowest BCUT2D eigenvalue weighted by molar-refractivity contribution is 0.0996. The van der Waals surface area contributed by atoms with Crippen molar-refractivity contribution in [2.24, 2.45) is 0 Å². The molecular formula is C26H21BrN4O2. The molecule has 0 fully saturated rings. The van der Waals surface area contributed by atoms with Gasteiger partial charge in [0, 0.05) is 33.2 Å². The molecule has 5 rings (SSSR count). The molecule has 0 unspecified atom stereocenters. The number of rotatable bonds is 5. The van der Waals surface area contributed by atoms with Crippen LogP contribution in [0.15, 0.2) is 94.0 Å². The molecule has 7 heteroatoms. The van der Waals surface area contributed by atoms with Gasteiger partial charge in [0.05, 0.1) is 17.6 Å². The number of benzene rings is 2. The number of nitrogens with one attached hydrogen (secondary N) is 1. The van der Waals surface area contributed by atoms with Crippen LogP contribution in [0, 0.1) is 13.8 Å². The highest BCUT2D eigenvalue weighted by atomic mass is 79.9. The van der Waals surface area contributed by atoms with E-state index in [1.54, 1.807) is 16.8 Å². The molecule has 2 aromatic carbocycles. The molecule has 3 aromatic heterocycles. The first-order chi connectivity index (χ1) is 16.0. The fourth-order valence-electron chi connectivity index (χ4n) is 3.96. The Bertz CT molecular complexity index is 1420. The van der Waals surface area contributed by atoms with Gasteiger partial charge in [-0.05, 0) is 68.4 Å². The van der Waals surface area contributed by atoms with Gasteiger partial charge in [0.25, 0.3) is 5.91 Å². The SMILES string of the molecule is Cc1cc(-c2cc(NC(=O)c3ccco3)n(-c3ccccc3)n2)c(C)n1-c1ccc(Br)cc1. The quantitative estimate of drug-likeness (QED) is 0.297. The molecule has 0 aliphatic heterocycles. The minimum atomic E-state index is -0.330. The van der Waals surface area contributed by atoms with E-state index in [-0.39, 0.29) is 11.7 Å². The van der Waals surface area contributed by atoms with Crippen molar-refractivity contribution in [3.05, 3.63) is 107 Å². The molecule has 0 spiro atoms. The average molecular weight is 501 g/mol. The van der Waals surface area contributed by atoms with Crippen LogP contribution in [0.5, 0.6) is 0 Å². The molecule has 3 heterocycles. The Hall–Kier alpha value is -3.84. The van der Waals surface area contributed by atoms with E-state index in [0.29, 0.717) is 5.82 Å². The third-order valence-electron chi connectivity index (χ3n) is 5.49. The van der Waals surface area contributed by atoms with Crippen LogP contribution in [-0.4, -0.2) is 20.3 Å². The van der Waals surface area contributed by atoms with Crippen molar-refractivity contribution in [1.82, 2.24) is 14.3 Å². The van der Waals surface area contributed by atoms with Crippen LogP contribution in [0.25, 0.3) is 22.6 Å². The number of furan rings is 1. The fraction of sp³-hybridized carbons (Fsp3) is 0.0769. The predicted octanol–water partition coefficient (Wildman–Crippen LogP) is 6.55. The Labute approximate surface area is 199 Å². The first-order valence-corrected chi connectivity index (χ1v) is 11.3. The Balaban J connectivity index is 1.59. The van der Waals surface area contributed by atoms with Gasteiger partial charge < -0.3 is 14.3 Å². The Morgan fingerprint density at radius 1 is 0.939 bits per heavy atom. The lowest BCUT2D eigenvalue weighted by Gasteiger charge is -2.09. The van der Waals surface area contributed by atoms with Crippen LogP contribution in [-0.2, 0) is 0 Å². The van der Waals surface area contributed by atoms with Crippen LogP contribution in [0.1, 0.15) is 21.9 Å². The summed E-state index contributed by atoms with van der Waals surface area (Å²) in [7, 11) is 0. The van der Waals surface area contributed by atoms with Crippen LogP contribution >= 0.6 is 15.9 Å². The van der Waals surface area contributed by atoms with Crippen molar-refractivity contribution in [3.8, 4) is 22.6 Å². The second kappa shape index (κ2) is 8.60. The molecule has 0 saturated carbocycles. The molecule has 0 bridgehead atoms. The van der Waals surface area contributed by atoms with Gasteiger partial charge in [-0.25, -0.2) is 4.68 Å². The minimum Gasteiger partial charge on any atom is -0.459 e. The van der Waals surface area contributed by atoms with E-state index in [2.05, 4.69) is 57.9 Å². The van der Waals surface area contributed by atoms with E-state index in [0.717, 1.165) is 38.5 Å². The summed E-state index contributed by atoms with van der Waals surface area (Å²) in [6, 6.07) is 25.3. The van der Waals surface area contributed by atoms with Gasteiger partial charge in [0.15, 0.2) is 5.76 Å². The highest BCUT2D eigenvalue weighted by Gasteiger charge is 2.19. The van der Waals surface area contributed by atoms with Gasteiger partial charge >= 0.3 is 0 Å². The van der Waals surface area contributed by atoms with E-state index >= 15 is 0 Å². The number of para-hydroxylation sites is 1. The van der Waals surface area contributed by atoms with Crippen molar-refractivity contribution >= 4 is 27.7 Å². The summed E-state index contributed by atoms with van der Waals surface area (Å²) >= 11 is 3.50. The zero-order chi connectivity index (χ0) is 22.9. The number of carbonyl (C=O) groups is 1. The molecule has 5 aromatic rings. The number of halogens is 1. The number of aromatic nitrogens is 3. The molecule has 1 amide bonds. The number of carbonyl (C=O) groups excluding carboxylic acids is 1. The number of aryl methyl sites for hydroxylation is 1. The summed E-state index contributed by atoms with van der Waals surface area (Å²) < 4.78 is 10.2. The molecule has 0 aliphatic carbocycles. The average Bonchev–Trinajstić information content (AvgIpc) is 3.55. The van der Waals surface area contributed by atoms with Gasteiger partial charge in [-0.3, -0.25) is 4.79 Å². The highest BCUT2D eigenvalue weighted by molar-refractivity contribution is 9.10. The van der Waals surface area contributed by atoms with Gasteiger partial charge in [0.2, 0.25) is 0 Å². The second-order valence-electron chi connectivity index (χ2n) is 7.69. The Kier molecular flexibility index (Phi) is 5.48. The zero-order valence-corrected chi connectivity index (χ0v) is 19.7. The number of anilines is 1. The van der Waals surface area contributed by atoms with Gasteiger partial charge in [0.1, 0.15) is 5.82 Å². The molecule has 0 aliphatic rings. The summed E-state index contributed by atoms with van der Waals surface area (Å²) in [5.41, 5.74) is 5.86. The first-order valence-electron chi connectivity index (χ1n) is 10.5. The molecule has 0 atom stereocenters. The monoisotopic (exact) mass is 500 g/mol. The fourth-order valence-corrected chi connectivity index (χ4v) is 4.23. The van der Waals surface area contributed by atoms with Gasteiger partial charge in [-0.2, -0.15) is 5.10 Å². The summed E-state index contributed by atoms with van der Waals surface area (Å²) in [5.74, 6) is 0.473. The lowest BCUT2D eigenvalue weighted by atomic mass is 10.2. The Morgan fingerprint density at radius 3 is 2.39 bits per heavy atom. The summed E-state index contributed by atoms with van der Waals surface area (Å²) in [5, 5.41) is 7.79. The van der Waals surface area contributed by atoms with Gasteiger partial charge in [-0.15, -0.1) is 0 Å². The van der Waals surface area contributed by atoms with Gasteiger partial charge in [-0.1, -0.05) is 34.1 Å². The van der Waals surface area contributed by atoms with E-state index in [9.17, 15) is 4.79 Å². The largest absolute Gasteiger partial charge is 0.459 e. The van der Waals surface area contributed by atoms with Crippen molar-refractivity contribution < 1.29 is 9.21 Å². The highest BCUT2D eigenvalue weighted by Crippen LogP contribution is 2.32. The number of nitrogens with zero attached hydrogens (tertiary/aromatic N) is 3. The molecule has 0 radical (unpaired) electrons. The van der Waals surface area contributed by atoms with E-state index < -0.39 is 0 Å². The smallest absolute Gasteiger partial charge is 0.292 e. The molecular weight excluding hydrogens is 480 g/mol. The van der Waals surface area contributed by atoms with Crippen molar-refractivity contribution in [2.45, 2.75) is 13.8 Å². The summed E-state index contributed by atoms with van der Waals surface area (Å²) in [6.45, 7) is 4.15. The zero-order valence-electron chi connectivity index (χ0n) is 18.1. The predicted molar refractivity (Wildman–Crippen MR) is 132 cm³/mol. The van der Waals surface area contributed by atoms with Crippen LogP contribution < -0.4 is 5.32 Å². The minimum absolute atomic E-state index is 0.241. The van der Waals surface area contributed by atoms with E-state index in [4.69, 9.17) is 9.52 Å². The molecule has 164 valence electrons. The molecule has 0 saturated heterocycles. The van der Waals surface area contributed by atoms with Crippen LogP contribution in [0.4, 0.5) is 5.82 Å². The standard InChI is InChI=1S/C26H21BrN4O2/c1-17-15-22(18(2)30(17)20-12-10-19(27)11-13-20)23-16-25(28-26(32)24-9-6-14-33-24)31(29-23)21-7-4-3-5-8-21/h3-16H,1-2H3,(H,28,32). The number of hydrogen-bond acceptors (Lipinski definition) is 3.